The molecule has 3 heterocycles. The summed E-state index contributed by atoms with van der Waals surface area (Å²) < 4.78 is 101. The molecular formula is C29H34F9N3O8. The smallest absolute Gasteiger partial charge is 0.475 e. The predicted molar refractivity (Wildman–Crippen MR) is 152 cm³/mol. The molecule has 0 amide bonds. The normalized spacial score (nSPS) is 15.4. The van der Waals surface area contributed by atoms with Crippen LogP contribution in [0.5, 0.6) is 0 Å². The summed E-state index contributed by atoms with van der Waals surface area (Å²) in [5.74, 6) is -6.94. The maximum absolute atomic E-state index is 12.6. The van der Waals surface area contributed by atoms with Crippen LogP contribution in [0.4, 0.5) is 39.5 Å². The van der Waals surface area contributed by atoms with Gasteiger partial charge in [0.1, 0.15) is 5.76 Å². The van der Waals surface area contributed by atoms with Gasteiger partial charge in [-0.25, -0.2) is 14.4 Å². The second-order valence-electron chi connectivity index (χ2n) is 10.4. The van der Waals surface area contributed by atoms with Gasteiger partial charge < -0.3 is 30.0 Å². The molecular weight excluding hydrogens is 689 g/mol. The van der Waals surface area contributed by atoms with Crippen LogP contribution in [-0.4, -0.2) is 113 Å². The zero-order chi connectivity index (χ0) is 37.4. The third kappa shape index (κ3) is 17.7. The van der Waals surface area contributed by atoms with Gasteiger partial charge in [-0.1, -0.05) is 12.1 Å². The molecule has 20 heteroatoms. The Hall–Kier alpha value is -4.17. The number of aliphatic carboxylic acids is 3. The van der Waals surface area contributed by atoms with E-state index in [2.05, 4.69) is 27.2 Å². The molecule has 0 radical (unpaired) electrons. The van der Waals surface area contributed by atoms with Gasteiger partial charge in [0.05, 0.1) is 12.8 Å². The molecule has 1 aromatic carbocycles. The Morgan fingerprint density at radius 1 is 0.714 bits per heavy atom. The van der Waals surface area contributed by atoms with Crippen LogP contribution in [-0.2, 0) is 33.8 Å². The molecule has 4 rings (SSSR count). The van der Waals surface area contributed by atoms with E-state index in [9.17, 15) is 44.3 Å². The first kappa shape index (κ1) is 42.9. The van der Waals surface area contributed by atoms with Crippen molar-refractivity contribution >= 4 is 23.7 Å². The third-order valence-electron chi connectivity index (χ3n) is 6.70. The molecule has 49 heavy (non-hydrogen) atoms. The van der Waals surface area contributed by atoms with Gasteiger partial charge in [0.15, 0.2) is 5.78 Å². The first-order valence-electron chi connectivity index (χ1n) is 14.3. The van der Waals surface area contributed by atoms with E-state index in [4.69, 9.17) is 34.1 Å². The molecule has 2 aromatic rings. The summed E-state index contributed by atoms with van der Waals surface area (Å²) in [6.45, 7) is 8.22. The molecule has 2 aliphatic rings. The number of fused-ring (bicyclic) bond motifs is 1. The molecule has 4 N–H and O–H groups in total. The largest absolute Gasteiger partial charge is 0.490 e. The van der Waals surface area contributed by atoms with Crippen LogP contribution in [0.1, 0.15) is 40.1 Å². The summed E-state index contributed by atoms with van der Waals surface area (Å²) in [6.07, 6.45) is -9.84. The van der Waals surface area contributed by atoms with Gasteiger partial charge in [0.2, 0.25) is 0 Å². The van der Waals surface area contributed by atoms with Crippen LogP contribution in [0.2, 0.25) is 0 Å². The second kappa shape index (κ2) is 19.7. The number of alkyl halides is 9. The number of ketones is 1. The van der Waals surface area contributed by atoms with Crippen molar-refractivity contribution in [2.24, 2.45) is 0 Å². The number of rotatable bonds is 7. The topological polar surface area (TPSA) is 161 Å². The number of furan rings is 1. The van der Waals surface area contributed by atoms with E-state index >= 15 is 0 Å². The van der Waals surface area contributed by atoms with Crippen LogP contribution in [0, 0.1) is 0 Å². The average Bonchev–Trinajstić information content (AvgIpc) is 3.39. The Bertz CT molecular complexity index is 1280. The highest BCUT2D eigenvalue weighted by Gasteiger charge is 2.39. The lowest BCUT2D eigenvalue weighted by Crippen LogP contribution is -2.46. The van der Waals surface area contributed by atoms with E-state index in [-0.39, 0.29) is 5.78 Å². The Morgan fingerprint density at radius 2 is 1.18 bits per heavy atom. The van der Waals surface area contributed by atoms with Crippen molar-refractivity contribution in [2.75, 3.05) is 45.8 Å². The highest BCUT2D eigenvalue weighted by Crippen LogP contribution is 2.18. The Balaban J connectivity index is 0.000000467. The summed E-state index contributed by atoms with van der Waals surface area (Å²) in [6, 6.07) is 10.3. The molecule has 2 aliphatic heterocycles. The lowest BCUT2D eigenvalue weighted by molar-refractivity contribution is -0.193. The van der Waals surface area contributed by atoms with Gasteiger partial charge in [0, 0.05) is 38.2 Å². The number of carboxylic acid groups (broad SMARTS) is 3. The van der Waals surface area contributed by atoms with Crippen LogP contribution in [0.3, 0.4) is 0 Å². The summed E-state index contributed by atoms with van der Waals surface area (Å²) in [5.41, 5.74) is 3.64. The number of hydrogen-bond acceptors (Lipinski definition) is 8. The third-order valence-corrected chi connectivity index (χ3v) is 6.70. The van der Waals surface area contributed by atoms with Crippen molar-refractivity contribution in [3.05, 3.63) is 59.0 Å². The summed E-state index contributed by atoms with van der Waals surface area (Å²) in [4.78, 5) is 44.2. The lowest BCUT2D eigenvalue weighted by Gasteiger charge is -2.34. The summed E-state index contributed by atoms with van der Waals surface area (Å²) >= 11 is 0. The Labute approximate surface area is 273 Å². The SMILES string of the molecule is O=C(CCCN1CCN(Cc2ccco2)CC1)c1ccc2c(c1)CCNCC2.O=C(O)C(F)(F)F.O=C(O)C(F)(F)F.O=C(O)C(F)(F)F. The first-order valence-corrected chi connectivity index (χ1v) is 14.3. The Kier molecular flexibility index (Phi) is 17.3. The molecule has 0 saturated carbocycles. The van der Waals surface area contributed by atoms with Gasteiger partial charge in [-0.3, -0.25) is 9.69 Å². The minimum atomic E-state index is -5.08. The molecule has 1 saturated heterocycles. The lowest BCUT2D eigenvalue weighted by atomic mass is 9.97. The van der Waals surface area contributed by atoms with Crippen LogP contribution in [0.25, 0.3) is 0 Å². The highest BCUT2D eigenvalue weighted by atomic mass is 19.4. The fraction of sp³-hybridized carbons (Fsp3) is 0.517. The molecule has 0 aliphatic carbocycles. The van der Waals surface area contributed by atoms with Crippen molar-refractivity contribution < 1.29 is 78.4 Å². The highest BCUT2D eigenvalue weighted by molar-refractivity contribution is 5.96. The van der Waals surface area contributed by atoms with Crippen molar-refractivity contribution in [1.29, 1.82) is 0 Å². The maximum Gasteiger partial charge on any atom is 0.490 e. The van der Waals surface area contributed by atoms with Gasteiger partial charge in [0.25, 0.3) is 0 Å². The molecule has 0 bridgehead atoms. The van der Waals surface area contributed by atoms with Crippen molar-refractivity contribution in [2.45, 2.75) is 50.8 Å². The standard InChI is InChI=1S/C23H31N3O2.3C2HF3O2/c27-23(21-6-5-19-7-9-24-10-8-20(19)17-21)4-1-11-25-12-14-26(15-13-25)18-22-3-2-16-28-22;3*3-2(4,5)1(6)7/h2-3,5-6,16-17,24H,1,4,7-15,18H2;3*(H,6,7). The van der Waals surface area contributed by atoms with Gasteiger partial charge in [-0.05, 0) is 68.2 Å². The van der Waals surface area contributed by atoms with E-state index < -0.39 is 36.4 Å². The molecule has 11 nitrogen and oxygen atoms in total. The molecule has 1 fully saturated rings. The van der Waals surface area contributed by atoms with Crippen LogP contribution in [0.15, 0.2) is 41.0 Å². The average molecular weight is 724 g/mol. The molecule has 0 spiro atoms. The van der Waals surface area contributed by atoms with Crippen molar-refractivity contribution in [1.82, 2.24) is 15.1 Å². The number of benzene rings is 1. The number of hydrogen-bond donors (Lipinski definition) is 4. The molecule has 276 valence electrons. The number of carbonyl (C=O) groups excluding carboxylic acids is 1. The minimum absolute atomic E-state index is 0.288. The van der Waals surface area contributed by atoms with E-state index in [0.29, 0.717) is 6.42 Å². The Morgan fingerprint density at radius 3 is 1.63 bits per heavy atom. The first-order chi connectivity index (χ1) is 22.6. The van der Waals surface area contributed by atoms with E-state index in [0.717, 1.165) is 82.9 Å². The molecule has 0 unspecified atom stereocenters. The van der Waals surface area contributed by atoms with E-state index in [1.165, 1.54) is 11.1 Å². The number of nitrogens with zero attached hydrogens (tertiary/aromatic N) is 2. The summed E-state index contributed by atoms with van der Waals surface area (Å²) in [5, 5.41) is 24.8. The van der Waals surface area contributed by atoms with Gasteiger partial charge >= 0.3 is 36.4 Å². The molecule has 1 aromatic heterocycles. The fourth-order valence-electron chi connectivity index (χ4n) is 4.25. The van der Waals surface area contributed by atoms with E-state index in [1.54, 1.807) is 6.26 Å². The minimum Gasteiger partial charge on any atom is -0.475 e. The number of halogens is 9. The van der Waals surface area contributed by atoms with Crippen LogP contribution < -0.4 is 5.32 Å². The number of carbonyl (C=O) groups is 4. The zero-order valence-electron chi connectivity index (χ0n) is 25.6. The molecule has 0 atom stereocenters. The number of Topliss-reactive ketones (excluding diaryl/α,β-unsaturated/α-hetero) is 1. The zero-order valence-corrected chi connectivity index (χ0v) is 25.6. The number of piperazine rings is 1. The predicted octanol–water partition coefficient (Wildman–Crippen LogP) is 4.65. The summed E-state index contributed by atoms with van der Waals surface area (Å²) in [7, 11) is 0. The fourth-order valence-corrected chi connectivity index (χ4v) is 4.25. The monoisotopic (exact) mass is 723 g/mol. The van der Waals surface area contributed by atoms with Gasteiger partial charge in [-0.15, -0.1) is 0 Å². The van der Waals surface area contributed by atoms with Gasteiger partial charge in [-0.2, -0.15) is 39.5 Å². The maximum atomic E-state index is 12.6. The van der Waals surface area contributed by atoms with E-state index in [1.807, 2.05) is 18.2 Å². The van der Waals surface area contributed by atoms with Crippen LogP contribution >= 0.6 is 0 Å². The van der Waals surface area contributed by atoms with Crippen molar-refractivity contribution in [3.8, 4) is 0 Å². The quantitative estimate of drug-likeness (QED) is 0.233. The second-order valence-corrected chi connectivity index (χ2v) is 10.4. The number of carboxylic acids is 3. The van der Waals surface area contributed by atoms with Crippen molar-refractivity contribution in [3.63, 3.8) is 0 Å². The number of nitrogens with one attached hydrogen (secondary N) is 1.